The molecule has 0 fully saturated rings. The Balaban J connectivity index is 1.75. The zero-order chi connectivity index (χ0) is 19.3. The van der Waals surface area contributed by atoms with Crippen molar-refractivity contribution < 1.29 is 23.5 Å². The van der Waals surface area contributed by atoms with Crippen LogP contribution in [0.25, 0.3) is 0 Å². The summed E-state index contributed by atoms with van der Waals surface area (Å²) < 4.78 is 17.9. The Labute approximate surface area is 159 Å². The van der Waals surface area contributed by atoms with Gasteiger partial charge in [0.25, 0.3) is 5.91 Å². The van der Waals surface area contributed by atoms with Gasteiger partial charge in [-0.3, -0.25) is 14.4 Å². The topological polar surface area (TPSA) is 72.5 Å². The summed E-state index contributed by atoms with van der Waals surface area (Å²) in [6, 6.07) is 5.50. The minimum Gasteiger partial charge on any atom is -0.456 e. The van der Waals surface area contributed by atoms with Crippen LogP contribution in [0.1, 0.15) is 33.0 Å². The third kappa shape index (κ3) is 5.64. The van der Waals surface area contributed by atoms with Crippen LogP contribution in [0.15, 0.2) is 24.3 Å². The van der Waals surface area contributed by atoms with Crippen molar-refractivity contribution >= 4 is 46.3 Å². The van der Waals surface area contributed by atoms with Crippen molar-refractivity contribution in [3.8, 4) is 0 Å². The normalized spacial score (nSPS) is 10.5. The van der Waals surface area contributed by atoms with Gasteiger partial charge in [0.05, 0.1) is 11.4 Å². The number of anilines is 1. The maximum absolute atomic E-state index is 13.0. The summed E-state index contributed by atoms with van der Waals surface area (Å²) in [5.41, 5.74) is 0.905. The zero-order valence-electron chi connectivity index (χ0n) is 14.2. The van der Waals surface area contributed by atoms with E-state index < -0.39 is 24.3 Å². The molecule has 1 aromatic carbocycles. The van der Waals surface area contributed by atoms with E-state index in [1.807, 2.05) is 13.8 Å². The smallest absolute Gasteiger partial charge is 0.306 e. The lowest BCUT2D eigenvalue weighted by atomic mass is 10.1. The molecule has 0 aliphatic rings. The zero-order valence-corrected chi connectivity index (χ0v) is 15.8. The Bertz CT molecular complexity index is 850. The highest BCUT2D eigenvalue weighted by Crippen LogP contribution is 2.22. The van der Waals surface area contributed by atoms with Crippen LogP contribution in [-0.2, 0) is 14.3 Å². The fourth-order valence-corrected chi connectivity index (χ4v) is 3.37. The maximum atomic E-state index is 13.0. The summed E-state index contributed by atoms with van der Waals surface area (Å²) in [6.07, 6.45) is -0.0894. The number of benzene rings is 1. The Morgan fingerprint density at radius 3 is 2.54 bits per heavy atom. The van der Waals surface area contributed by atoms with E-state index in [1.54, 1.807) is 6.07 Å². The van der Waals surface area contributed by atoms with Crippen molar-refractivity contribution in [2.75, 3.05) is 11.9 Å². The first kappa shape index (κ1) is 20.1. The summed E-state index contributed by atoms with van der Waals surface area (Å²) in [5, 5.41) is 2.31. The van der Waals surface area contributed by atoms with Crippen molar-refractivity contribution in [3.05, 3.63) is 50.4 Å². The fourth-order valence-electron chi connectivity index (χ4n) is 2.25. The Hall–Kier alpha value is -2.25. The highest BCUT2D eigenvalue weighted by Gasteiger charge is 2.15. The second kappa shape index (κ2) is 8.91. The summed E-state index contributed by atoms with van der Waals surface area (Å²) >= 11 is 7.14. The third-order valence-corrected chi connectivity index (χ3v) is 4.72. The molecule has 0 saturated heterocycles. The minimum absolute atomic E-state index is 0.0189. The first-order chi connectivity index (χ1) is 12.3. The quantitative estimate of drug-likeness (QED) is 0.558. The highest BCUT2D eigenvalue weighted by molar-refractivity contribution is 7.12. The molecule has 26 heavy (non-hydrogen) atoms. The summed E-state index contributed by atoms with van der Waals surface area (Å²) in [5.74, 6) is -1.96. The molecule has 0 unspecified atom stereocenters. The first-order valence-electron chi connectivity index (χ1n) is 7.77. The minimum atomic E-state index is -0.643. The van der Waals surface area contributed by atoms with Crippen LogP contribution >= 0.6 is 22.9 Å². The molecule has 1 amide bonds. The average molecular weight is 398 g/mol. The molecule has 0 spiro atoms. The first-order valence-corrected chi connectivity index (χ1v) is 8.96. The van der Waals surface area contributed by atoms with Crippen LogP contribution < -0.4 is 5.32 Å². The molecule has 1 aromatic heterocycles. The van der Waals surface area contributed by atoms with Gasteiger partial charge in [-0.1, -0.05) is 11.6 Å². The Morgan fingerprint density at radius 1 is 1.19 bits per heavy atom. The molecule has 138 valence electrons. The van der Waals surface area contributed by atoms with Crippen molar-refractivity contribution in [1.82, 2.24) is 0 Å². The van der Waals surface area contributed by atoms with Crippen LogP contribution in [0.3, 0.4) is 0 Å². The van der Waals surface area contributed by atoms with Gasteiger partial charge in [0, 0.05) is 27.4 Å². The molecule has 0 bridgehead atoms. The number of Topliss-reactive ketones (excluding diaryl/α,β-unsaturated/α-hetero) is 1. The van der Waals surface area contributed by atoms with E-state index in [2.05, 4.69) is 5.32 Å². The van der Waals surface area contributed by atoms with Crippen LogP contribution in [0, 0.1) is 19.7 Å². The summed E-state index contributed by atoms with van der Waals surface area (Å²) in [6.45, 7) is 3.27. The van der Waals surface area contributed by atoms with Gasteiger partial charge in [-0.15, -0.1) is 11.3 Å². The van der Waals surface area contributed by atoms with E-state index in [9.17, 15) is 18.8 Å². The molecule has 0 radical (unpaired) electrons. The van der Waals surface area contributed by atoms with E-state index in [0.717, 1.165) is 15.8 Å². The number of carbonyl (C=O) groups excluding carboxylic acids is 3. The second-order valence-electron chi connectivity index (χ2n) is 5.59. The Morgan fingerprint density at radius 2 is 1.92 bits per heavy atom. The fraction of sp³-hybridized carbons (Fsp3) is 0.278. The number of amides is 1. The van der Waals surface area contributed by atoms with Gasteiger partial charge in [0.2, 0.25) is 0 Å². The van der Waals surface area contributed by atoms with Crippen LogP contribution in [0.2, 0.25) is 5.02 Å². The molecule has 0 aliphatic heterocycles. The molecule has 0 atom stereocenters. The number of rotatable bonds is 7. The number of ether oxygens (including phenoxy) is 1. The molecule has 0 saturated carbocycles. The van der Waals surface area contributed by atoms with Crippen molar-refractivity contribution in [3.63, 3.8) is 0 Å². The lowest BCUT2D eigenvalue weighted by Crippen LogP contribution is -2.21. The number of thiophene rings is 1. The molecule has 5 nitrogen and oxygen atoms in total. The largest absolute Gasteiger partial charge is 0.456 e. The number of aryl methyl sites for hydroxylation is 2. The van der Waals surface area contributed by atoms with Gasteiger partial charge >= 0.3 is 5.97 Å². The predicted molar refractivity (Wildman–Crippen MR) is 98.4 cm³/mol. The van der Waals surface area contributed by atoms with E-state index in [0.29, 0.717) is 5.56 Å². The molecule has 0 aliphatic carbocycles. The van der Waals surface area contributed by atoms with E-state index in [1.165, 1.54) is 23.5 Å². The number of ketones is 1. The molecule has 1 heterocycles. The van der Waals surface area contributed by atoms with Crippen LogP contribution in [-0.4, -0.2) is 24.3 Å². The van der Waals surface area contributed by atoms with E-state index >= 15 is 0 Å². The molecule has 2 aromatic rings. The van der Waals surface area contributed by atoms with Gasteiger partial charge < -0.3 is 10.1 Å². The van der Waals surface area contributed by atoms with Gasteiger partial charge in [0.1, 0.15) is 5.82 Å². The van der Waals surface area contributed by atoms with Crippen LogP contribution in [0.4, 0.5) is 10.1 Å². The van der Waals surface area contributed by atoms with Crippen LogP contribution in [0.5, 0.6) is 0 Å². The molecular formula is C18H17ClFNO4S. The highest BCUT2D eigenvalue weighted by atomic mass is 35.5. The van der Waals surface area contributed by atoms with Crippen molar-refractivity contribution in [2.45, 2.75) is 26.7 Å². The second-order valence-corrected chi connectivity index (χ2v) is 7.46. The van der Waals surface area contributed by atoms with Gasteiger partial charge in [0.15, 0.2) is 12.4 Å². The number of hydrogen-bond acceptors (Lipinski definition) is 5. The monoisotopic (exact) mass is 397 g/mol. The molecule has 1 N–H and O–H groups in total. The van der Waals surface area contributed by atoms with E-state index in [4.69, 9.17) is 16.3 Å². The average Bonchev–Trinajstić information content (AvgIpc) is 2.92. The predicted octanol–water partition coefficient (Wildman–Crippen LogP) is 4.30. The molecule has 2 rings (SSSR count). The SMILES string of the molecule is Cc1cc(C(=O)CCC(=O)OCC(=O)Nc2ccc(F)c(Cl)c2)c(C)s1. The number of carbonyl (C=O) groups is 3. The number of halogens is 2. The Kier molecular flexibility index (Phi) is 6.88. The van der Waals surface area contributed by atoms with E-state index in [-0.39, 0.29) is 29.3 Å². The summed E-state index contributed by atoms with van der Waals surface area (Å²) in [4.78, 5) is 37.5. The van der Waals surface area contributed by atoms with Crippen molar-refractivity contribution in [2.24, 2.45) is 0 Å². The number of nitrogens with one attached hydrogen (secondary N) is 1. The molecule has 8 heteroatoms. The third-order valence-electron chi connectivity index (χ3n) is 3.47. The van der Waals surface area contributed by atoms with Crippen molar-refractivity contribution in [1.29, 1.82) is 0 Å². The number of esters is 1. The maximum Gasteiger partial charge on any atom is 0.306 e. The summed E-state index contributed by atoms with van der Waals surface area (Å²) in [7, 11) is 0. The standard InChI is InChI=1S/C18H17ClFNO4S/c1-10-7-13(11(2)26-10)16(22)5-6-18(24)25-9-17(23)21-12-3-4-15(20)14(19)8-12/h3-4,7-8H,5-6,9H2,1-2H3,(H,21,23). The van der Waals surface area contributed by atoms with Gasteiger partial charge in [-0.25, -0.2) is 4.39 Å². The lowest BCUT2D eigenvalue weighted by molar-refractivity contribution is -0.147. The molecular weight excluding hydrogens is 381 g/mol. The lowest BCUT2D eigenvalue weighted by Gasteiger charge is -2.07. The van der Waals surface area contributed by atoms with Gasteiger partial charge in [-0.05, 0) is 38.1 Å². The van der Waals surface area contributed by atoms with Gasteiger partial charge in [-0.2, -0.15) is 0 Å². The number of hydrogen-bond donors (Lipinski definition) is 1.